The molecule has 2 heterocycles. The summed E-state index contributed by atoms with van der Waals surface area (Å²) in [4.78, 5) is 25.9. The van der Waals surface area contributed by atoms with Crippen molar-refractivity contribution in [2.45, 2.75) is 33.4 Å². The average molecular weight is 419 g/mol. The van der Waals surface area contributed by atoms with Crippen molar-refractivity contribution in [3.8, 4) is 5.69 Å². The van der Waals surface area contributed by atoms with E-state index in [0.717, 1.165) is 5.69 Å². The van der Waals surface area contributed by atoms with Crippen molar-refractivity contribution in [1.29, 1.82) is 0 Å². The summed E-state index contributed by atoms with van der Waals surface area (Å²) in [5.74, 6) is -0.754. The highest BCUT2D eigenvalue weighted by molar-refractivity contribution is 5.84. The zero-order valence-corrected chi connectivity index (χ0v) is 17.5. The minimum atomic E-state index is -0.844. The number of rotatable bonds is 5. The Hall–Kier alpha value is -3.81. The van der Waals surface area contributed by atoms with Gasteiger partial charge >= 0.3 is 0 Å². The number of aromatic nitrogens is 4. The van der Waals surface area contributed by atoms with Crippen molar-refractivity contribution >= 4 is 16.8 Å². The van der Waals surface area contributed by atoms with E-state index in [0.29, 0.717) is 27.9 Å². The first-order valence-corrected chi connectivity index (χ1v) is 9.93. The normalized spacial score (nSPS) is 12.1. The molecule has 0 saturated heterocycles. The first-order chi connectivity index (χ1) is 14.9. The summed E-state index contributed by atoms with van der Waals surface area (Å²) < 4.78 is 16.2. The number of aryl methyl sites for hydroxylation is 2. The lowest BCUT2D eigenvalue weighted by atomic mass is 10.2. The molecule has 0 aliphatic carbocycles. The SMILES string of the molecule is Cc1nn([C@@H](C)C(=O)NCc2cccc(F)c2)c(=O)c2c(C)n(-c3ccccc3)nc12. The second kappa shape index (κ2) is 8.14. The predicted octanol–water partition coefficient (Wildman–Crippen LogP) is 3.22. The molecular weight excluding hydrogens is 397 g/mol. The maximum absolute atomic E-state index is 13.3. The van der Waals surface area contributed by atoms with Crippen LogP contribution >= 0.6 is 0 Å². The molecule has 2 aromatic carbocycles. The molecule has 0 aliphatic rings. The molecule has 7 nitrogen and oxygen atoms in total. The Labute approximate surface area is 178 Å². The van der Waals surface area contributed by atoms with Gasteiger partial charge < -0.3 is 5.32 Å². The van der Waals surface area contributed by atoms with Crippen molar-refractivity contribution in [2.24, 2.45) is 0 Å². The molecule has 1 atom stereocenters. The average Bonchev–Trinajstić information content (AvgIpc) is 3.13. The molecule has 1 N–H and O–H groups in total. The number of carbonyl (C=O) groups excluding carboxylic acids is 1. The van der Waals surface area contributed by atoms with Crippen LogP contribution in [0.15, 0.2) is 59.4 Å². The molecule has 0 fully saturated rings. The van der Waals surface area contributed by atoms with Crippen molar-refractivity contribution < 1.29 is 9.18 Å². The molecule has 0 unspecified atom stereocenters. The standard InChI is InChI=1S/C23H22FN5O2/c1-14-21-20(15(2)28(27-21)19-10-5-4-6-11-19)23(31)29(26-14)16(3)22(30)25-13-17-8-7-9-18(24)12-17/h4-12,16H,13H2,1-3H3,(H,25,30)/t16-/m0/s1. The second-order valence-corrected chi connectivity index (χ2v) is 7.42. The molecule has 158 valence electrons. The van der Waals surface area contributed by atoms with Gasteiger partial charge in [0.25, 0.3) is 5.56 Å². The lowest BCUT2D eigenvalue weighted by molar-refractivity contribution is -0.124. The van der Waals surface area contributed by atoms with Gasteiger partial charge in [0.2, 0.25) is 5.91 Å². The van der Waals surface area contributed by atoms with Crippen LogP contribution in [0, 0.1) is 19.7 Å². The van der Waals surface area contributed by atoms with Gasteiger partial charge in [-0.2, -0.15) is 10.2 Å². The smallest absolute Gasteiger partial charge is 0.278 e. The van der Waals surface area contributed by atoms with E-state index in [4.69, 9.17) is 0 Å². The summed E-state index contributed by atoms with van der Waals surface area (Å²) in [5.41, 5.74) is 2.83. The molecular formula is C23H22FN5O2. The second-order valence-electron chi connectivity index (χ2n) is 7.42. The fourth-order valence-corrected chi connectivity index (χ4v) is 3.56. The Morgan fingerprint density at radius 1 is 1.10 bits per heavy atom. The number of amides is 1. The van der Waals surface area contributed by atoms with E-state index in [1.807, 2.05) is 37.3 Å². The van der Waals surface area contributed by atoms with Gasteiger partial charge in [-0.3, -0.25) is 9.59 Å². The molecule has 0 aliphatic heterocycles. The topological polar surface area (TPSA) is 81.8 Å². The van der Waals surface area contributed by atoms with Gasteiger partial charge in [-0.25, -0.2) is 13.8 Å². The number of fused-ring (bicyclic) bond motifs is 1. The van der Waals surface area contributed by atoms with Crippen molar-refractivity contribution in [2.75, 3.05) is 0 Å². The summed E-state index contributed by atoms with van der Waals surface area (Å²) in [6, 6.07) is 14.7. The number of hydrogen-bond donors (Lipinski definition) is 1. The summed E-state index contributed by atoms with van der Waals surface area (Å²) in [6.07, 6.45) is 0. The van der Waals surface area contributed by atoms with Crippen LogP contribution in [0.25, 0.3) is 16.6 Å². The van der Waals surface area contributed by atoms with E-state index in [-0.39, 0.29) is 23.8 Å². The van der Waals surface area contributed by atoms with Gasteiger partial charge in [0, 0.05) is 6.54 Å². The fourth-order valence-electron chi connectivity index (χ4n) is 3.56. The largest absolute Gasteiger partial charge is 0.350 e. The van der Waals surface area contributed by atoms with Gasteiger partial charge in [-0.15, -0.1) is 0 Å². The van der Waals surface area contributed by atoms with Gasteiger partial charge in [0.1, 0.15) is 17.4 Å². The van der Waals surface area contributed by atoms with Crippen molar-refractivity contribution in [3.63, 3.8) is 0 Å². The molecule has 0 radical (unpaired) electrons. The number of halogens is 1. The third-order valence-corrected chi connectivity index (χ3v) is 5.24. The highest BCUT2D eigenvalue weighted by Gasteiger charge is 2.23. The number of nitrogens with zero attached hydrogens (tertiary/aromatic N) is 4. The first kappa shape index (κ1) is 20.5. The zero-order chi connectivity index (χ0) is 22.1. The van der Waals surface area contributed by atoms with Crippen LogP contribution in [-0.4, -0.2) is 25.5 Å². The van der Waals surface area contributed by atoms with Crippen LogP contribution in [0.3, 0.4) is 0 Å². The molecule has 0 spiro atoms. The van der Waals surface area contributed by atoms with Crippen LogP contribution in [0.5, 0.6) is 0 Å². The first-order valence-electron chi connectivity index (χ1n) is 9.93. The third-order valence-electron chi connectivity index (χ3n) is 5.24. The van der Waals surface area contributed by atoms with E-state index in [9.17, 15) is 14.0 Å². The van der Waals surface area contributed by atoms with Crippen LogP contribution < -0.4 is 10.9 Å². The van der Waals surface area contributed by atoms with Crippen LogP contribution in [-0.2, 0) is 11.3 Å². The van der Waals surface area contributed by atoms with E-state index >= 15 is 0 Å². The van der Waals surface area contributed by atoms with Gasteiger partial charge in [-0.1, -0.05) is 30.3 Å². The maximum Gasteiger partial charge on any atom is 0.278 e. The van der Waals surface area contributed by atoms with Gasteiger partial charge in [0.15, 0.2) is 0 Å². The number of nitrogens with one attached hydrogen (secondary N) is 1. The maximum atomic E-state index is 13.3. The van der Waals surface area contributed by atoms with Crippen molar-refractivity contribution in [3.05, 3.63) is 87.7 Å². The number of para-hydroxylation sites is 1. The molecule has 4 rings (SSSR count). The van der Waals surface area contributed by atoms with E-state index in [2.05, 4.69) is 15.5 Å². The van der Waals surface area contributed by atoms with E-state index in [1.54, 1.807) is 30.7 Å². The molecule has 1 amide bonds. The number of carbonyl (C=O) groups is 1. The Bertz CT molecular complexity index is 1330. The fraction of sp³-hybridized carbons (Fsp3) is 0.217. The van der Waals surface area contributed by atoms with Crippen LogP contribution in [0.2, 0.25) is 0 Å². The Morgan fingerprint density at radius 2 is 1.84 bits per heavy atom. The van der Waals surface area contributed by atoms with Gasteiger partial charge in [0.05, 0.1) is 22.5 Å². The molecule has 8 heteroatoms. The summed E-state index contributed by atoms with van der Waals surface area (Å²) in [6.45, 7) is 5.35. The lowest BCUT2D eigenvalue weighted by Gasteiger charge is -2.15. The highest BCUT2D eigenvalue weighted by atomic mass is 19.1. The minimum absolute atomic E-state index is 0.155. The zero-order valence-electron chi connectivity index (χ0n) is 17.5. The summed E-state index contributed by atoms with van der Waals surface area (Å²) in [7, 11) is 0. The molecule has 31 heavy (non-hydrogen) atoms. The van der Waals surface area contributed by atoms with Crippen LogP contribution in [0.4, 0.5) is 4.39 Å². The third kappa shape index (κ3) is 3.84. The highest BCUT2D eigenvalue weighted by Crippen LogP contribution is 2.20. The molecule has 0 bridgehead atoms. The summed E-state index contributed by atoms with van der Waals surface area (Å²) >= 11 is 0. The molecule has 4 aromatic rings. The Morgan fingerprint density at radius 3 is 2.55 bits per heavy atom. The Balaban J connectivity index is 1.67. The number of hydrogen-bond acceptors (Lipinski definition) is 4. The molecule has 0 saturated carbocycles. The van der Waals surface area contributed by atoms with E-state index in [1.165, 1.54) is 16.8 Å². The predicted molar refractivity (Wildman–Crippen MR) is 116 cm³/mol. The quantitative estimate of drug-likeness (QED) is 0.539. The minimum Gasteiger partial charge on any atom is -0.350 e. The number of benzene rings is 2. The monoisotopic (exact) mass is 419 g/mol. The van der Waals surface area contributed by atoms with Crippen LogP contribution in [0.1, 0.15) is 29.9 Å². The van der Waals surface area contributed by atoms with Crippen molar-refractivity contribution in [1.82, 2.24) is 24.9 Å². The molecule has 2 aromatic heterocycles. The Kier molecular flexibility index (Phi) is 5.37. The van der Waals surface area contributed by atoms with E-state index < -0.39 is 6.04 Å². The van der Waals surface area contributed by atoms with Gasteiger partial charge in [-0.05, 0) is 50.6 Å². The summed E-state index contributed by atoms with van der Waals surface area (Å²) in [5, 5.41) is 12.1. The lowest BCUT2D eigenvalue weighted by Crippen LogP contribution is -2.37.